The second-order valence-electron chi connectivity index (χ2n) is 4.58. The van der Waals surface area contributed by atoms with Gasteiger partial charge in [0.25, 0.3) is 0 Å². The number of hydrogen-bond acceptors (Lipinski definition) is 3. The highest BCUT2D eigenvalue weighted by Crippen LogP contribution is 2.25. The molecule has 0 spiro atoms. The summed E-state index contributed by atoms with van der Waals surface area (Å²) in [7, 11) is 2.15. The molecular weight excluding hydrogens is 214 g/mol. The van der Waals surface area contributed by atoms with Crippen LogP contribution >= 0.6 is 0 Å². The third-order valence-electron chi connectivity index (χ3n) is 2.90. The maximum absolute atomic E-state index is 9.36. The lowest BCUT2D eigenvalue weighted by atomic mass is 10.1. The Bertz CT molecular complexity index is 339. The fourth-order valence-corrected chi connectivity index (χ4v) is 1.93. The first-order chi connectivity index (χ1) is 8.13. The van der Waals surface area contributed by atoms with Crippen LogP contribution in [0.5, 0.6) is 11.5 Å². The minimum Gasteiger partial charge on any atom is -0.504 e. The first-order valence-corrected chi connectivity index (χ1v) is 6.33. The summed E-state index contributed by atoms with van der Waals surface area (Å²) in [6.45, 7) is 4.47. The molecule has 96 valence electrons. The molecule has 2 N–H and O–H groups in total. The van der Waals surface area contributed by atoms with Crippen LogP contribution in [0.15, 0.2) is 18.2 Å². The third kappa shape index (κ3) is 5.09. The van der Waals surface area contributed by atoms with E-state index in [1.807, 2.05) is 6.07 Å². The van der Waals surface area contributed by atoms with E-state index >= 15 is 0 Å². The Morgan fingerprint density at radius 1 is 1.06 bits per heavy atom. The van der Waals surface area contributed by atoms with Crippen molar-refractivity contribution in [2.45, 2.75) is 32.6 Å². The summed E-state index contributed by atoms with van der Waals surface area (Å²) in [5.41, 5.74) is 1.08. The second-order valence-corrected chi connectivity index (χ2v) is 4.58. The number of rotatable bonds is 7. The highest BCUT2D eigenvalue weighted by atomic mass is 16.3. The molecule has 0 aromatic heterocycles. The van der Waals surface area contributed by atoms with Gasteiger partial charge in [-0.2, -0.15) is 0 Å². The number of nitrogens with zero attached hydrogens (tertiary/aromatic N) is 1. The van der Waals surface area contributed by atoms with Gasteiger partial charge >= 0.3 is 0 Å². The Morgan fingerprint density at radius 3 is 2.47 bits per heavy atom. The van der Waals surface area contributed by atoms with Gasteiger partial charge in [-0.3, -0.25) is 0 Å². The van der Waals surface area contributed by atoms with Gasteiger partial charge < -0.3 is 15.1 Å². The van der Waals surface area contributed by atoms with Crippen molar-refractivity contribution < 1.29 is 10.2 Å². The molecule has 0 atom stereocenters. The Morgan fingerprint density at radius 2 is 1.82 bits per heavy atom. The number of unbranched alkanes of at least 4 members (excludes halogenated alkanes) is 1. The molecule has 1 aromatic rings. The van der Waals surface area contributed by atoms with E-state index in [0.717, 1.165) is 37.9 Å². The van der Waals surface area contributed by atoms with E-state index in [-0.39, 0.29) is 11.5 Å². The van der Waals surface area contributed by atoms with Gasteiger partial charge in [0.1, 0.15) is 0 Å². The zero-order valence-corrected chi connectivity index (χ0v) is 10.8. The highest BCUT2D eigenvalue weighted by molar-refractivity contribution is 5.40. The van der Waals surface area contributed by atoms with Crippen LogP contribution in [0.3, 0.4) is 0 Å². The summed E-state index contributed by atoms with van der Waals surface area (Å²) in [6.07, 6.45) is 4.42. The molecule has 0 unspecified atom stereocenters. The zero-order chi connectivity index (χ0) is 12.7. The standard InChI is InChI=1S/C14H23NO2/c1-3-9-15(2)10-5-4-6-12-7-8-13(16)14(17)11-12/h7-8,11,16-17H,3-6,9-10H2,1-2H3. The quantitative estimate of drug-likeness (QED) is 0.566. The van der Waals surface area contributed by atoms with Crippen LogP contribution in [0.25, 0.3) is 0 Å². The lowest BCUT2D eigenvalue weighted by Gasteiger charge is -2.14. The van der Waals surface area contributed by atoms with Crippen LogP contribution in [0.1, 0.15) is 31.7 Å². The smallest absolute Gasteiger partial charge is 0.157 e. The summed E-state index contributed by atoms with van der Waals surface area (Å²) in [6, 6.07) is 5.06. The van der Waals surface area contributed by atoms with Crippen LogP contribution in [-0.2, 0) is 6.42 Å². The minimum atomic E-state index is -0.0450. The van der Waals surface area contributed by atoms with Crippen LogP contribution in [0, 0.1) is 0 Å². The van der Waals surface area contributed by atoms with Crippen molar-refractivity contribution >= 4 is 0 Å². The molecule has 0 saturated heterocycles. The maximum atomic E-state index is 9.36. The summed E-state index contributed by atoms with van der Waals surface area (Å²) in [4.78, 5) is 2.34. The van der Waals surface area contributed by atoms with E-state index < -0.39 is 0 Å². The molecule has 0 aliphatic heterocycles. The monoisotopic (exact) mass is 237 g/mol. The van der Waals surface area contributed by atoms with Gasteiger partial charge in [0.2, 0.25) is 0 Å². The van der Waals surface area contributed by atoms with Crippen molar-refractivity contribution in [3.8, 4) is 11.5 Å². The highest BCUT2D eigenvalue weighted by Gasteiger charge is 2.01. The van der Waals surface area contributed by atoms with Gasteiger partial charge in [0.15, 0.2) is 11.5 Å². The zero-order valence-electron chi connectivity index (χ0n) is 10.8. The molecule has 0 aliphatic carbocycles. The van der Waals surface area contributed by atoms with Crippen molar-refractivity contribution in [2.24, 2.45) is 0 Å². The summed E-state index contributed by atoms with van der Waals surface area (Å²) >= 11 is 0. The van der Waals surface area contributed by atoms with Crippen molar-refractivity contribution in [1.29, 1.82) is 0 Å². The first kappa shape index (κ1) is 13.8. The lowest BCUT2D eigenvalue weighted by Crippen LogP contribution is -2.20. The Balaban J connectivity index is 2.24. The van der Waals surface area contributed by atoms with E-state index in [9.17, 15) is 10.2 Å². The van der Waals surface area contributed by atoms with E-state index in [0.29, 0.717) is 0 Å². The molecule has 0 heterocycles. The number of benzene rings is 1. The maximum Gasteiger partial charge on any atom is 0.157 e. The average molecular weight is 237 g/mol. The average Bonchev–Trinajstić information content (AvgIpc) is 2.29. The Hall–Kier alpha value is -1.22. The van der Waals surface area contributed by atoms with Crippen molar-refractivity contribution in [3.63, 3.8) is 0 Å². The molecule has 0 amide bonds. The van der Waals surface area contributed by atoms with E-state index in [2.05, 4.69) is 18.9 Å². The lowest BCUT2D eigenvalue weighted by molar-refractivity contribution is 0.326. The van der Waals surface area contributed by atoms with Crippen molar-refractivity contribution in [2.75, 3.05) is 20.1 Å². The van der Waals surface area contributed by atoms with Crippen LogP contribution < -0.4 is 0 Å². The van der Waals surface area contributed by atoms with Crippen LogP contribution in [0.4, 0.5) is 0 Å². The molecule has 0 saturated carbocycles. The summed E-state index contributed by atoms with van der Waals surface area (Å²) < 4.78 is 0. The Labute approximate surface area is 104 Å². The topological polar surface area (TPSA) is 43.7 Å². The minimum absolute atomic E-state index is 0.0226. The number of aromatic hydroxyl groups is 2. The molecule has 0 fully saturated rings. The van der Waals surface area contributed by atoms with E-state index in [1.165, 1.54) is 6.42 Å². The predicted molar refractivity (Wildman–Crippen MR) is 70.5 cm³/mol. The molecule has 3 heteroatoms. The largest absolute Gasteiger partial charge is 0.504 e. The van der Waals surface area contributed by atoms with E-state index in [4.69, 9.17) is 0 Å². The molecule has 0 aliphatic rings. The summed E-state index contributed by atoms with van der Waals surface area (Å²) in [5, 5.41) is 18.5. The number of phenolic OH excluding ortho intramolecular Hbond substituents is 2. The van der Waals surface area contributed by atoms with Gasteiger partial charge in [0, 0.05) is 0 Å². The number of hydrogen-bond donors (Lipinski definition) is 2. The first-order valence-electron chi connectivity index (χ1n) is 6.33. The van der Waals surface area contributed by atoms with Gasteiger partial charge in [-0.25, -0.2) is 0 Å². The van der Waals surface area contributed by atoms with E-state index in [1.54, 1.807) is 12.1 Å². The van der Waals surface area contributed by atoms with Gasteiger partial charge in [-0.15, -0.1) is 0 Å². The molecule has 1 rings (SSSR count). The molecule has 17 heavy (non-hydrogen) atoms. The fourth-order valence-electron chi connectivity index (χ4n) is 1.93. The van der Waals surface area contributed by atoms with Gasteiger partial charge in [-0.1, -0.05) is 13.0 Å². The number of phenols is 2. The predicted octanol–water partition coefficient (Wildman–Crippen LogP) is 2.76. The third-order valence-corrected chi connectivity index (χ3v) is 2.90. The number of aryl methyl sites for hydroxylation is 1. The molecule has 0 radical (unpaired) electrons. The fraction of sp³-hybridized carbons (Fsp3) is 0.571. The van der Waals surface area contributed by atoms with Crippen LogP contribution in [0.2, 0.25) is 0 Å². The van der Waals surface area contributed by atoms with Gasteiger partial charge in [-0.05, 0) is 63.5 Å². The molecule has 0 bridgehead atoms. The molecular formula is C14H23NO2. The Kier molecular flexibility index (Phi) is 5.84. The van der Waals surface area contributed by atoms with Crippen molar-refractivity contribution in [1.82, 2.24) is 4.90 Å². The van der Waals surface area contributed by atoms with Gasteiger partial charge in [0.05, 0.1) is 0 Å². The molecule has 1 aromatic carbocycles. The SMILES string of the molecule is CCCN(C)CCCCc1ccc(O)c(O)c1. The van der Waals surface area contributed by atoms with Crippen molar-refractivity contribution in [3.05, 3.63) is 23.8 Å². The second kappa shape index (κ2) is 7.17. The van der Waals surface area contributed by atoms with Crippen LogP contribution in [-0.4, -0.2) is 35.3 Å². The normalized spacial score (nSPS) is 11.0. The molecule has 3 nitrogen and oxygen atoms in total. The summed E-state index contributed by atoms with van der Waals surface area (Å²) in [5.74, 6) is -0.0676.